The summed E-state index contributed by atoms with van der Waals surface area (Å²) in [7, 11) is 0. The maximum absolute atomic E-state index is 12.4. The van der Waals surface area contributed by atoms with Gasteiger partial charge in [0.05, 0.1) is 0 Å². The van der Waals surface area contributed by atoms with E-state index < -0.39 is 0 Å². The van der Waals surface area contributed by atoms with Gasteiger partial charge in [-0.3, -0.25) is 9.59 Å². The number of benzene rings is 2. The third-order valence-electron chi connectivity index (χ3n) is 3.91. The number of hydrogen-bond acceptors (Lipinski definition) is 6. The third kappa shape index (κ3) is 3.59. The molecule has 0 saturated heterocycles. The van der Waals surface area contributed by atoms with Crippen molar-refractivity contribution < 1.29 is 23.6 Å². The number of nitrogens with one attached hydrogen (secondary N) is 2. The highest BCUT2D eigenvalue weighted by atomic mass is 16.7. The Bertz CT molecular complexity index is 1010. The molecule has 2 amide bonds. The zero-order valence-corrected chi connectivity index (χ0v) is 14.3. The summed E-state index contributed by atoms with van der Waals surface area (Å²) >= 11 is 0. The monoisotopic (exact) mass is 365 g/mol. The van der Waals surface area contributed by atoms with E-state index in [1.165, 1.54) is 0 Å². The fraction of sp³-hybridized carbons (Fsp3) is 0.105. The molecular formula is C19H15N3O5. The molecule has 8 nitrogen and oxygen atoms in total. The molecule has 4 rings (SSSR count). The summed E-state index contributed by atoms with van der Waals surface area (Å²) in [6, 6.07) is 13.1. The average Bonchev–Trinajstić information content (AvgIpc) is 3.30. The van der Waals surface area contributed by atoms with Gasteiger partial charge >= 0.3 is 0 Å². The first-order valence-corrected chi connectivity index (χ1v) is 8.14. The molecule has 2 aromatic carbocycles. The van der Waals surface area contributed by atoms with Gasteiger partial charge in [-0.2, -0.15) is 0 Å². The van der Waals surface area contributed by atoms with Crippen LogP contribution in [-0.2, 0) is 0 Å². The van der Waals surface area contributed by atoms with Crippen LogP contribution in [0.15, 0.2) is 53.1 Å². The molecule has 3 aromatic rings. The van der Waals surface area contributed by atoms with Gasteiger partial charge in [-0.15, -0.1) is 0 Å². The van der Waals surface area contributed by atoms with Crippen LogP contribution in [0.25, 0.3) is 0 Å². The van der Waals surface area contributed by atoms with Gasteiger partial charge in [0.25, 0.3) is 11.8 Å². The van der Waals surface area contributed by atoms with Crippen LogP contribution in [-0.4, -0.2) is 23.8 Å². The molecule has 1 aliphatic rings. The van der Waals surface area contributed by atoms with Crippen LogP contribution in [0.2, 0.25) is 0 Å². The van der Waals surface area contributed by atoms with Crippen molar-refractivity contribution in [2.24, 2.45) is 0 Å². The van der Waals surface area contributed by atoms with Crippen LogP contribution in [0.3, 0.4) is 0 Å². The Labute approximate surface area is 154 Å². The number of carbonyl (C=O) groups excluding carboxylic acids is 2. The number of aryl methyl sites for hydroxylation is 1. The summed E-state index contributed by atoms with van der Waals surface area (Å²) in [5, 5.41) is 9.11. The normalized spacial score (nSPS) is 11.9. The largest absolute Gasteiger partial charge is 0.454 e. The maximum atomic E-state index is 12.4. The number of nitrogens with zero attached hydrogens (tertiary/aromatic N) is 1. The molecule has 0 unspecified atom stereocenters. The van der Waals surface area contributed by atoms with Crippen LogP contribution < -0.4 is 20.1 Å². The van der Waals surface area contributed by atoms with Crippen molar-refractivity contribution >= 4 is 23.3 Å². The van der Waals surface area contributed by atoms with E-state index >= 15 is 0 Å². The van der Waals surface area contributed by atoms with E-state index in [2.05, 4.69) is 15.8 Å². The van der Waals surface area contributed by atoms with Crippen molar-refractivity contribution in [2.45, 2.75) is 6.92 Å². The predicted octanol–water partition coefficient (Wildman–Crippen LogP) is 3.22. The third-order valence-corrected chi connectivity index (χ3v) is 3.91. The van der Waals surface area contributed by atoms with Crippen molar-refractivity contribution in [2.75, 3.05) is 17.4 Å². The lowest BCUT2D eigenvalue weighted by Crippen LogP contribution is -2.14. The van der Waals surface area contributed by atoms with Gasteiger partial charge in [0, 0.05) is 28.9 Å². The molecule has 1 aromatic heterocycles. The molecule has 2 N–H and O–H groups in total. The van der Waals surface area contributed by atoms with E-state index in [1.807, 2.05) is 0 Å². The minimum absolute atomic E-state index is 0.171. The minimum atomic E-state index is -0.342. The molecule has 0 radical (unpaired) electrons. The molecule has 0 spiro atoms. The van der Waals surface area contributed by atoms with Gasteiger partial charge in [0.15, 0.2) is 17.3 Å². The van der Waals surface area contributed by atoms with E-state index in [4.69, 9.17) is 14.0 Å². The lowest BCUT2D eigenvalue weighted by molar-refractivity contribution is 0.101. The molecule has 0 aliphatic carbocycles. The zero-order valence-electron chi connectivity index (χ0n) is 14.3. The van der Waals surface area contributed by atoms with Crippen molar-refractivity contribution in [3.05, 3.63) is 65.4 Å². The van der Waals surface area contributed by atoms with Gasteiger partial charge in [-0.25, -0.2) is 0 Å². The smallest absolute Gasteiger partial charge is 0.256 e. The van der Waals surface area contributed by atoms with Gasteiger partial charge in [-0.1, -0.05) is 5.16 Å². The molecule has 0 atom stereocenters. The van der Waals surface area contributed by atoms with Crippen LogP contribution in [0.5, 0.6) is 11.5 Å². The van der Waals surface area contributed by atoms with Crippen LogP contribution in [0.1, 0.15) is 26.5 Å². The molecule has 136 valence electrons. The van der Waals surface area contributed by atoms with Crippen LogP contribution in [0.4, 0.5) is 11.5 Å². The Morgan fingerprint density at radius 3 is 2.22 bits per heavy atom. The molecule has 8 heteroatoms. The topological polar surface area (TPSA) is 103 Å². The highest BCUT2D eigenvalue weighted by Crippen LogP contribution is 2.34. The molecule has 2 heterocycles. The van der Waals surface area contributed by atoms with Crippen molar-refractivity contribution in [1.29, 1.82) is 0 Å². The fourth-order valence-electron chi connectivity index (χ4n) is 2.56. The molecule has 1 aliphatic heterocycles. The van der Waals surface area contributed by atoms with E-state index in [1.54, 1.807) is 55.5 Å². The first-order chi connectivity index (χ1) is 13.1. The van der Waals surface area contributed by atoms with Gasteiger partial charge in [0.1, 0.15) is 5.76 Å². The Kier molecular flexibility index (Phi) is 4.21. The summed E-state index contributed by atoms with van der Waals surface area (Å²) in [5.41, 5.74) is 1.41. The van der Waals surface area contributed by atoms with Crippen LogP contribution >= 0.6 is 0 Å². The van der Waals surface area contributed by atoms with E-state index in [0.717, 1.165) is 0 Å². The summed E-state index contributed by atoms with van der Waals surface area (Å²) < 4.78 is 15.4. The maximum Gasteiger partial charge on any atom is 0.256 e. The quantitative estimate of drug-likeness (QED) is 0.736. The number of anilines is 2. The van der Waals surface area contributed by atoms with Gasteiger partial charge in [0.2, 0.25) is 6.79 Å². The molecule has 27 heavy (non-hydrogen) atoms. The second kappa shape index (κ2) is 6.83. The molecule has 0 saturated carbocycles. The Morgan fingerprint density at radius 1 is 0.889 bits per heavy atom. The van der Waals surface area contributed by atoms with E-state index in [-0.39, 0.29) is 18.6 Å². The number of carbonyl (C=O) groups is 2. The minimum Gasteiger partial charge on any atom is -0.454 e. The molecule has 0 fully saturated rings. The number of aromatic nitrogens is 1. The first kappa shape index (κ1) is 16.6. The zero-order chi connectivity index (χ0) is 18.8. The fourth-order valence-corrected chi connectivity index (χ4v) is 2.56. The predicted molar refractivity (Wildman–Crippen MR) is 96.2 cm³/mol. The summed E-state index contributed by atoms with van der Waals surface area (Å²) in [6.07, 6.45) is 0. The number of hydrogen-bond donors (Lipinski definition) is 2. The van der Waals surface area contributed by atoms with Crippen molar-refractivity contribution in [3.8, 4) is 11.5 Å². The summed E-state index contributed by atoms with van der Waals surface area (Å²) in [5.74, 6) is 1.52. The number of amides is 2. The standard InChI is InChI=1S/C19H15N3O5/c1-11-8-17(22-27-11)21-19(24)13-4-2-12(3-5-13)18(23)20-14-6-7-15-16(9-14)26-10-25-15/h2-9H,10H2,1H3,(H,20,23)(H,21,22,24). The van der Waals surface area contributed by atoms with Gasteiger partial charge in [-0.05, 0) is 43.3 Å². The van der Waals surface area contributed by atoms with E-state index in [9.17, 15) is 9.59 Å². The number of fused-ring (bicyclic) bond motifs is 1. The lowest BCUT2D eigenvalue weighted by atomic mass is 10.1. The lowest BCUT2D eigenvalue weighted by Gasteiger charge is -2.07. The Hall–Kier alpha value is -3.81. The SMILES string of the molecule is Cc1cc(NC(=O)c2ccc(C(=O)Nc3ccc4c(c3)OCO4)cc2)no1. The van der Waals surface area contributed by atoms with Crippen LogP contribution in [0, 0.1) is 6.92 Å². The molecule has 0 bridgehead atoms. The Balaban J connectivity index is 1.42. The van der Waals surface area contributed by atoms with E-state index in [0.29, 0.717) is 39.9 Å². The highest BCUT2D eigenvalue weighted by molar-refractivity contribution is 6.07. The van der Waals surface area contributed by atoms with Gasteiger partial charge < -0.3 is 24.6 Å². The van der Waals surface area contributed by atoms with Crippen molar-refractivity contribution in [3.63, 3.8) is 0 Å². The number of ether oxygens (including phenoxy) is 2. The summed E-state index contributed by atoms with van der Waals surface area (Å²) in [4.78, 5) is 24.6. The Morgan fingerprint density at radius 2 is 1.56 bits per heavy atom. The average molecular weight is 365 g/mol. The first-order valence-electron chi connectivity index (χ1n) is 8.14. The molecular weight excluding hydrogens is 350 g/mol. The number of rotatable bonds is 4. The highest BCUT2D eigenvalue weighted by Gasteiger charge is 2.15. The second-order valence-electron chi connectivity index (χ2n) is 5.88. The second-order valence-corrected chi connectivity index (χ2v) is 5.88. The van der Waals surface area contributed by atoms with Crippen molar-refractivity contribution in [1.82, 2.24) is 5.16 Å². The summed E-state index contributed by atoms with van der Waals surface area (Å²) in [6.45, 7) is 1.90.